The molecule has 2 atom stereocenters. The minimum Gasteiger partial charge on any atom is -0.481 e. The van der Waals surface area contributed by atoms with Gasteiger partial charge in [-0.15, -0.1) is 0 Å². The highest BCUT2D eigenvalue weighted by molar-refractivity contribution is 7.89. The molecule has 148 valence electrons. The molecule has 1 aromatic carbocycles. The molecule has 0 bridgehead atoms. The predicted octanol–water partition coefficient (Wildman–Crippen LogP) is 0.890. The van der Waals surface area contributed by atoms with Gasteiger partial charge in [0.2, 0.25) is 10.0 Å². The summed E-state index contributed by atoms with van der Waals surface area (Å²) in [5.74, 6) is -1.64. The SMILES string of the molecule is CC1CC(C(=O)O)CN(C(=O)c2ccc(S(=O)(=O)N3CCOCC3)cc2)C1. The zero-order chi connectivity index (χ0) is 19.6. The molecule has 2 aliphatic heterocycles. The van der Waals surface area contributed by atoms with Crippen LogP contribution in [-0.4, -0.2) is 74.0 Å². The van der Waals surface area contributed by atoms with Gasteiger partial charge < -0.3 is 14.7 Å². The van der Waals surface area contributed by atoms with Gasteiger partial charge in [0.25, 0.3) is 5.91 Å². The van der Waals surface area contributed by atoms with Crippen molar-refractivity contribution in [1.29, 1.82) is 0 Å². The molecule has 0 radical (unpaired) electrons. The maximum absolute atomic E-state index is 12.7. The lowest BCUT2D eigenvalue weighted by atomic mass is 9.90. The molecular weight excluding hydrogens is 372 g/mol. The number of morpholine rings is 1. The van der Waals surface area contributed by atoms with Gasteiger partial charge in [-0.25, -0.2) is 8.42 Å². The molecule has 0 saturated carbocycles. The highest BCUT2D eigenvalue weighted by Gasteiger charge is 2.32. The van der Waals surface area contributed by atoms with E-state index in [0.717, 1.165) is 0 Å². The summed E-state index contributed by atoms with van der Waals surface area (Å²) in [6.07, 6.45) is 0.551. The van der Waals surface area contributed by atoms with E-state index in [1.807, 2.05) is 6.92 Å². The van der Waals surface area contributed by atoms with Crippen molar-refractivity contribution in [3.05, 3.63) is 29.8 Å². The van der Waals surface area contributed by atoms with Gasteiger partial charge in [0.15, 0.2) is 0 Å². The number of sulfonamides is 1. The van der Waals surface area contributed by atoms with Crippen molar-refractivity contribution in [3.8, 4) is 0 Å². The average Bonchev–Trinajstić information content (AvgIpc) is 2.67. The molecule has 0 spiro atoms. The van der Waals surface area contributed by atoms with Crippen LogP contribution in [-0.2, 0) is 19.6 Å². The summed E-state index contributed by atoms with van der Waals surface area (Å²) in [7, 11) is -3.61. The van der Waals surface area contributed by atoms with Crippen LogP contribution in [0.3, 0.4) is 0 Å². The first-order valence-corrected chi connectivity index (χ1v) is 10.4. The number of rotatable bonds is 4. The van der Waals surface area contributed by atoms with Crippen LogP contribution in [0, 0.1) is 11.8 Å². The number of carboxylic acid groups (broad SMARTS) is 1. The van der Waals surface area contributed by atoms with Crippen LogP contribution in [0.5, 0.6) is 0 Å². The van der Waals surface area contributed by atoms with Crippen molar-refractivity contribution < 1.29 is 27.9 Å². The summed E-state index contributed by atoms with van der Waals surface area (Å²) in [5, 5.41) is 9.26. The molecule has 8 nitrogen and oxygen atoms in total. The summed E-state index contributed by atoms with van der Waals surface area (Å²) in [5.41, 5.74) is 0.356. The third-order valence-corrected chi connectivity index (χ3v) is 6.92. The summed E-state index contributed by atoms with van der Waals surface area (Å²) in [6, 6.07) is 5.84. The molecule has 0 aromatic heterocycles. The molecule has 2 saturated heterocycles. The summed E-state index contributed by atoms with van der Waals surface area (Å²) in [4.78, 5) is 25.7. The number of hydrogen-bond acceptors (Lipinski definition) is 5. The Morgan fingerprint density at radius 3 is 2.33 bits per heavy atom. The fraction of sp³-hybridized carbons (Fsp3) is 0.556. The van der Waals surface area contributed by atoms with Gasteiger partial charge >= 0.3 is 5.97 Å². The number of amides is 1. The highest BCUT2D eigenvalue weighted by Crippen LogP contribution is 2.24. The van der Waals surface area contributed by atoms with E-state index in [1.54, 1.807) is 4.90 Å². The first-order valence-electron chi connectivity index (χ1n) is 8.99. The minimum atomic E-state index is -3.61. The van der Waals surface area contributed by atoms with Gasteiger partial charge in [-0.2, -0.15) is 4.31 Å². The fourth-order valence-electron chi connectivity index (χ4n) is 3.58. The van der Waals surface area contributed by atoms with Crippen LogP contribution in [0.2, 0.25) is 0 Å². The quantitative estimate of drug-likeness (QED) is 0.811. The smallest absolute Gasteiger partial charge is 0.308 e. The number of likely N-dealkylation sites (tertiary alicyclic amines) is 1. The Labute approximate surface area is 158 Å². The lowest BCUT2D eigenvalue weighted by Gasteiger charge is -2.34. The van der Waals surface area contributed by atoms with Crippen molar-refractivity contribution in [1.82, 2.24) is 9.21 Å². The molecule has 9 heteroatoms. The van der Waals surface area contributed by atoms with Crippen molar-refractivity contribution in [2.75, 3.05) is 39.4 Å². The van der Waals surface area contributed by atoms with Gasteiger partial charge in [0.05, 0.1) is 24.0 Å². The van der Waals surface area contributed by atoms with E-state index in [0.29, 0.717) is 44.8 Å². The van der Waals surface area contributed by atoms with E-state index in [9.17, 15) is 23.1 Å². The maximum Gasteiger partial charge on any atom is 0.308 e. The Hall–Kier alpha value is -1.97. The minimum absolute atomic E-state index is 0.102. The van der Waals surface area contributed by atoms with E-state index >= 15 is 0 Å². The van der Waals surface area contributed by atoms with E-state index in [4.69, 9.17) is 4.74 Å². The van der Waals surface area contributed by atoms with Gasteiger partial charge in [0, 0.05) is 31.7 Å². The molecule has 3 rings (SSSR count). The number of carboxylic acids is 1. The van der Waals surface area contributed by atoms with Crippen LogP contribution in [0.1, 0.15) is 23.7 Å². The van der Waals surface area contributed by atoms with Gasteiger partial charge in [0.1, 0.15) is 0 Å². The second-order valence-corrected chi connectivity index (χ2v) is 9.06. The molecular formula is C18H24N2O6S. The Kier molecular flexibility index (Phi) is 5.83. The number of nitrogens with zero attached hydrogens (tertiary/aromatic N) is 2. The van der Waals surface area contributed by atoms with Crippen LogP contribution >= 0.6 is 0 Å². The largest absolute Gasteiger partial charge is 0.481 e. The predicted molar refractivity (Wildman–Crippen MR) is 96.8 cm³/mol. The number of carbonyl (C=O) groups excluding carboxylic acids is 1. The van der Waals surface area contributed by atoms with Crippen LogP contribution in [0.15, 0.2) is 29.2 Å². The van der Waals surface area contributed by atoms with Gasteiger partial charge in [-0.05, 0) is 36.6 Å². The molecule has 1 aromatic rings. The normalized spacial score (nSPS) is 24.6. The van der Waals surface area contributed by atoms with E-state index < -0.39 is 21.9 Å². The zero-order valence-electron chi connectivity index (χ0n) is 15.2. The second kappa shape index (κ2) is 7.95. The monoisotopic (exact) mass is 396 g/mol. The molecule has 2 unspecified atom stereocenters. The van der Waals surface area contributed by atoms with Crippen molar-refractivity contribution in [2.45, 2.75) is 18.2 Å². The van der Waals surface area contributed by atoms with Gasteiger partial charge in [-0.1, -0.05) is 6.92 Å². The van der Waals surface area contributed by atoms with Crippen molar-refractivity contribution in [2.24, 2.45) is 11.8 Å². The number of benzene rings is 1. The third-order valence-electron chi connectivity index (χ3n) is 5.01. The number of piperidine rings is 1. The Morgan fingerprint density at radius 2 is 1.74 bits per heavy atom. The maximum atomic E-state index is 12.7. The lowest BCUT2D eigenvalue weighted by Crippen LogP contribution is -2.45. The van der Waals surface area contributed by atoms with Gasteiger partial charge in [-0.3, -0.25) is 9.59 Å². The van der Waals surface area contributed by atoms with Crippen molar-refractivity contribution >= 4 is 21.9 Å². The van der Waals surface area contributed by atoms with Crippen LogP contribution in [0.4, 0.5) is 0 Å². The highest BCUT2D eigenvalue weighted by atomic mass is 32.2. The Bertz CT molecular complexity index is 802. The van der Waals surface area contributed by atoms with E-state index in [2.05, 4.69) is 0 Å². The molecule has 2 heterocycles. The standard InChI is InChI=1S/C18H24N2O6S/c1-13-10-15(18(22)23)12-19(11-13)17(21)14-2-4-16(5-3-14)27(24,25)20-6-8-26-9-7-20/h2-5,13,15H,6-12H2,1H3,(H,22,23). The van der Waals surface area contributed by atoms with E-state index in [-0.39, 0.29) is 23.3 Å². The molecule has 2 aliphatic rings. The number of ether oxygens (including phenoxy) is 1. The van der Waals surface area contributed by atoms with Crippen molar-refractivity contribution in [3.63, 3.8) is 0 Å². The first kappa shape index (κ1) is 19.8. The Morgan fingerprint density at radius 1 is 1.11 bits per heavy atom. The van der Waals surface area contributed by atoms with Crippen LogP contribution < -0.4 is 0 Å². The van der Waals surface area contributed by atoms with E-state index in [1.165, 1.54) is 28.6 Å². The Balaban J connectivity index is 1.74. The number of hydrogen-bond donors (Lipinski definition) is 1. The molecule has 1 amide bonds. The molecule has 0 aliphatic carbocycles. The summed E-state index contributed by atoms with van der Waals surface area (Å²) < 4.78 is 31.8. The lowest BCUT2D eigenvalue weighted by molar-refractivity contribution is -0.143. The first-order chi connectivity index (χ1) is 12.8. The zero-order valence-corrected chi connectivity index (χ0v) is 16.0. The topological polar surface area (TPSA) is 104 Å². The summed E-state index contributed by atoms with van der Waals surface area (Å²) >= 11 is 0. The number of carbonyl (C=O) groups is 2. The fourth-order valence-corrected chi connectivity index (χ4v) is 4.99. The van der Waals surface area contributed by atoms with Crippen LogP contribution in [0.25, 0.3) is 0 Å². The summed E-state index contributed by atoms with van der Waals surface area (Å²) in [6.45, 7) is 3.95. The number of aliphatic carboxylic acids is 1. The molecule has 2 fully saturated rings. The average molecular weight is 396 g/mol. The third kappa shape index (κ3) is 4.31. The second-order valence-electron chi connectivity index (χ2n) is 7.13. The molecule has 27 heavy (non-hydrogen) atoms. The molecule has 1 N–H and O–H groups in total.